The van der Waals surface area contributed by atoms with Gasteiger partial charge in [0.1, 0.15) is 6.10 Å². The standard InChI is InChI=1S/C16H12N2O/c17-10-11-3-1-4-12(9-11)16(19)14-5-2-6-15-13(14)7-8-18-15/h1-9,16,18-19H. The molecule has 0 spiro atoms. The number of aromatic amines is 1. The van der Waals surface area contributed by atoms with Gasteiger partial charge in [-0.1, -0.05) is 24.3 Å². The number of rotatable bonds is 2. The summed E-state index contributed by atoms with van der Waals surface area (Å²) >= 11 is 0. The van der Waals surface area contributed by atoms with Crippen LogP contribution in [0.3, 0.4) is 0 Å². The van der Waals surface area contributed by atoms with Gasteiger partial charge < -0.3 is 10.1 Å². The van der Waals surface area contributed by atoms with Crippen molar-refractivity contribution in [3.8, 4) is 6.07 Å². The molecule has 1 aromatic heterocycles. The van der Waals surface area contributed by atoms with Crippen LogP contribution >= 0.6 is 0 Å². The predicted octanol–water partition coefficient (Wildman–Crippen LogP) is 3.12. The highest BCUT2D eigenvalue weighted by Gasteiger charge is 2.14. The van der Waals surface area contributed by atoms with Gasteiger partial charge in [-0.05, 0) is 35.4 Å². The third-order valence-corrected chi connectivity index (χ3v) is 3.25. The Morgan fingerprint density at radius 2 is 1.95 bits per heavy atom. The molecule has 0 aliphatic rings. The van der Waals surface area contributed by atoms with E-state index in [0.29, 0.717) is 5.56 Å². The minimum Gasteiger partial charge on any atom is -0.384 e. The summed E-state index contributed by atoms with van der Waals surface area (Å²) in [6.45, 7) is 0. The van der Waals surface area contributed by atoms with Gasteiger partial charge in [0.25, 0.3) is 0 Å². The molecule has 1 atom stereocenters. The summed E-state index contributed by atoms with van der Waals surface area (Å²) in [5.74, 6) is 0. The first kappa shape index (κ1) is 11.5. The van der Waals surface area contributed by atoms with Crippen molar-refractivity contribution in [2.45, 2.75) is 6.10 Å². The molecule has 3 nitrogen and oxygen atoms in total. The number of nitrogens with one attached hydrogen (secondary N) is 1. The zero-order valence-corrected chi connectivity index (χ0v) is 10.2. The highest BCUT2D eigenvalue weighted by Crippen LogP contribution is 2.28. The van der Waals surface area contributed by atoms with Gasteiger partial charge in [-0.3, -0.25) is 0 Å². The summed E-state index contributed by atoms with van der Waals surface area (Å²) in [6.07, 6.45) is 1.12. The van der Waals surface area contributed by atoms with E-state index < -0.39 is 6.10 Å². The number of aliphatic hydroxyl groups excluding tert-OH is 1. The monoisotopic (exact) mass is 248 g/mol. The SMILES string of the molecule is N#Cc1cccc(C(O)c2cccc3[nH]ccc23)c1. The van der Waals surface area contributed by atoms with Crippen LogP contribution in [0.1, 0.15) is 22.8 Å². The maximum absolute atomic E-state index is 10.5. The Kier molecular flexibility index (Phi) is 2.79. The van der Waals surface area contributed by atoms with Crippen molar-refractivity contribution < 1.29 is 5.11 Å². The van der Waals surface area contributed by atoms with Gasteiger partial charge in [0.15, 0.2) is 0 Å². The summed E-state index contributed by atoms with van der Waals surface area (Å²) < 4.78 is 0. The van der Waals surface area contributed by atoms with Gasteiger partial charge in [0.05, 0.1) is 11.6 Å². The smallest absolute Gasteiger partial charge is 0.105 e. The molecule has 3 heteroatoms. The molecule has 2 N–H and O–H groups in total. The van der Waals surface area contributed by atoms with E-state index in [9.17, 15) is 5.11 Å². The topological polar surface area (TPSA) is 59.8 Å². The molecule has 0 bridgehead atoms. The highest BCUT2D eigenvalue weighted by molar-refractivity contribution is 5.83. The molecule has 3 rings (SSSR count). The number of benzene rings is 2. The lowest BCUT2D eigenvalue weighted by molar-refractivity contribution is 0.222. The van der Waals surface area contributed by atoms with Crippen LogP contribution in [0.2, 0.25) is 0 Å². The van der Waals surface area contributed by atoms with Crippen molar-refractivity contribution in [2.24, 2.45) is 0 Å². The Morgan fingerprint density at radius 1 is 1.11 bits per heavy atom. The van der Waals surface area contributed by atoms with Crippen LogP contribution in [0.15, 0.2) is 54.7 Å². The van der Waals surface area contributed by atoms with E-state index in [4.69, 9.17) is 5.26 Å². The molecule has 1 unspecified atom stereocenters. The maximum atomic E-state index is 10.5. The van der Waals surface area contributed by atoms with Crippen LogP contribution in [0.4, 0.5) is 0 Å². The van der Waals surface area contributed by atoms with Crippen LogP contribution in [-0.4, -0.2) is 10.1 Å². The van der Waals surface area contributed by atoms with Crippen LogP contribution in [0.5, 0.6) is 0 Å². The molecular formula is C16H12N2O. The van der Waals surface area contributed by atoms with Crippen molar-refractivity contribution in [1.29, 1.82) is 5.26 Å². The van der Waals surface area contributed by atoms with E-state index in [-0.39, 0.29) is 0 Å². The number of nitrogens with zero attached hydrogens (tertiary/aromatic N) is 1. The summed E-state index contributed by atoms with van der Waals surface area (Å²) in [7, 11) is 0. The zero-order valence-electron chi connectivity index (χ0n) is 10.2. The van der Waals surface area contributed by atoms with Crippen molar-refractivity contribution in [2.75, 3.05) is 0 Å². The molecule has 3 aromatic rings. The summed E-state index contributed by atoms with van der Waals surface area (Å²) in [6, 6.07) is 16.9. The van der Waals surface area contributed by atoms with Gasteiger partial charge in [0, 0.05) is 17.1 Å². The van der Waals surface area contributed by atoms with Crippen LogP contribution in [0, 0.1) is 11.3 Å². The molecule has 0 aliphatic heterocycles. The van der Waals surface area contributed by atoms with Crippen molar-refractivity contribution in [1.82, 2.24) is 4.98 Å². The zero-order chi connectivity index (χ0) is 13.2. The predicted molar refractivity (Wildman–Crippen MR) is 73.5 cm³/mol. The first-order chi connectivity index (χ1) is 9.29. The van der Waals surface area contributed by atoms with Crippen molar-refractivity contribution in [3.05, 3.63) is 71.4 Å². The van der Waals surface area contributed by atoms with E-state index in [1.54, 1.807) is 18.2 Å². The number of hydrogen-bond donors (Lipinski definition) is 2. The molecule has 0 saturated carbocycles. The summed E-state index contributed by atoms with van der Waals surface area (Å²) in [4.78, 5) is 3.13. The normalized spacial score (nSPS) is 12.2. The van der Waals surface area contributed by atoms with E-state index in [1.165, 1.54) is 0 Å². The Labute approximate surface area is 110 Å². The molecule has 0 radical (unpaired) electrons. The quantitative estimate of drug-likeness (QED) is 0.732. The third-order valence-electron chi connectivity index (χ3n) is 3.25. The minimum atomic E-state index is -0.729. The number of fused-ring (bicyclic) bond motifs is 1. The van der Waals surface area contributed by atoms with Gasteiger partial charge in [-0.2, -0.15) is 5.26 Å². The molecule has 2 aromatic carbocycles. The van der Waals surface area contributed by atoms with Crippen LogP contribution in [0.25, 0.3) is 10.9 Å². The summed E-state index contributed by atoms with van der Waals surface area (Å²) in [5, 5.41) is 20.4. The van der Waals surface area contributed by atoms with Gasteiger partial charge in [-0.15, -0.1) is 0 Å². The average Bonchev–Trinajstić information content (AvgIpc) is 2.95. The lowest BCUT2D eigenvalue weighted by Gasteiger charge is -2.13. The molecule has 1 heterocycles. The van der Waals surface area contributed by atoms with Gasteiger partial charge in [-0.25, -0.2) is 0 Å². The van der Waals surface area contributed by atoms with Crippen molar-refractivity contribution >= 4 is 10.9 Å². The largest absolute Gasteiger partial charge is 0.384 e. The second kappa shape index (κ2) is 4.60. The molecule has 0 saturated heterocycles. The van der Waals surface area contributed by atoms with Gasteiger partial charge >= 0.3 is 0 Å². The number of hydrogen-bond acceptors (Lipinski definition) is 2. The minimum absolute atomic E-state index is 0.554. The lowest BCUT2D eigenvalue weighted by Crippen LogP contribution is -2.00. The molecule has 0 fully saturated rings. The van der Waals surface area contributed by atoms with E-state index >= 15 is 0 Å². The molecule has 0 amide bonds. The van der Waals surface area contributed by atoms with Gasteiger partial charge in [0.2, 0.25) is 0 Å². The number of H-pyrrole nitrogens is 1. The fraction of sp³-hybridized carbons (Fsp3) is 0.0625. The fourth-order valence-corrected chi connectivity index (χ4v) is 2.31. The van der Waals surface area contributed by atoms with E-state index in [1.807, 2.05) is 36.5 Å². The lowest BCUT2D eigenvalue weighted by atomic mass is 9.97. The number of aromatic nitrogens is 1. The Morgan fingerprint density at radius 3 is 2.79 bits per heavy atom. The molecular weight excluding hydrogens is 236 g/mol. The Balaban J connectivity index is 2.10. The maximum Gasteiger partial charge on any atom is 0.105 e. The van der Waals surface area contributed by atoms with Crippen LogP contribution < -0.4 is 0 Å². The second-order valence-electron chi connectivity index (χ2n) is 4.43. The van der Waals surface area contributed by atoms with E-state index in [2.05, 4.69) is 11.1 Å². The highest BCUT2D eigenvalue weighted by atomic mass is 16.3. The summed E-state index contributed by atoms with van der Waals surface area (Å²) in [5.41, 5.74) is 3.12. The Hall–Kier alpha value is -2.57. The molecule has 92 valence electrons. The fourth-order valence-electron chi connectivity index (χ4n) is 2.31. The van der Waals surface area contributed by atoms with E-state index in [0.717, 1.165) is 22.0 Å². The third kappa shape index (κ3) is 1.99. The number of aliphatic hydroxyl groups is 1. The Bertz CT molecular complexity index is 768. The average molecular weight is 248 g/mol. The first-order valence-corrected chi connectivity index (χ1v) is 6.04. The first-order valence-electron chi connectivity index (χ1n) is 6.04. The second-order valence-corrected chi connectivity index (χ2v) is 4.43. The van der Waals surface area contributed by atoms with Crippen LogP contribution in [-0.2, 0) is 0 Å². The molecule has 19 heavy (non-hydrogen) atoms. The van der Waals surface area contributed by atoms with Crippen molar-refractivity contribution in [3.63, 3.8) is 0 Å². The number of nitriles is 1. The molecule has 0 aliphatic carbocycles.